The van der Waals surface area contributed by atoms with Crippen LogP contribution in [0, 0.1) is 0 Å². The lowest BCUT2D eigenvalue weighted by atomic mass is 9.99. The number of thioether (sulfide) groups is 1. The third kappa shape index (κ3) is 6.72. The van der Waals surface area contributed by atoms with Gasteiger partial charge in [0.25, 0.3) is 5.91 Å². The Bertz CT molecular complexity index is 1750. The highest BCUT2D eigenvalue weighted by Crippen LogP contribution is 2.34. The molecule has 3 aliphatic rings. The van der Waals surface area contributed by atoms with Crippen molar-refractivity contribution in [3.63, 3.8) is 0 Å². The maximum Gasteiger partial charge on any atom is 0.323 e. The predicted octanol–water partition coefficient (Wildman–Crippen LogP) is 5.51. The van der Waals surface area contributed by atoms with Gasteiger partial charge in [0.1, 0.15) is 5.82 Å². The summed E-state index contributed by atoms with van der Waals surface area (Å²) in [5.41, 5.74) is 4.91. The zero-order valence-electron chi connectivity index (χ0n) is 25.8. The number of hydrogen-bond donors (Lipinski definition) is 2. The molecule has 7 rings (SSSR count). The van der Waals surface area contributed by atoms with E-state index in [4.69, 9.17) is 14.7 Å². The Kier molecular flexibility index (Phi) is 8.87. The molecule has 2 fully saturated rings. The summed E-state index contributed by atoms with van der Waals surface area (Å²) in [7, 11) is 2.06. The Labute approximate surface area is 272 Å². The quantitative estimate of drug-likeness (QED) is 0.286. The van der Waals surface area contributed by atoms with Gasteiger partial charge in [0.2, 0.25) is 0 Å². The number of anilines is 3. The summed E-state index contributed by atoms with van der Waals surface area (Å²) in [6, 6.07) is 20.8. The van der Waals surface area contributed by atoms with E-state index in [1.54, 1.807) is 24.3 Å². The minimum atomic E-state index is -0.367. The topological polar surface area (TPSA) is 103 Å². The van der Waals surface area contributed by atoms with Crippen molar-refractivity contribution in [3.8, 4) is 11.4 Å². The van der Waals surface area contributed by atoms with Crippen molar-refractivity contribution in [2.75, 3.05) is 80.8 Å². The number of piperazine rings is 1. The second kappa shape index (κ2) is 13.5. The van der Waals surface area contributed by atoms with Gasteiger partial charge >= 0.3 is 6.03 Å². The van der Waals surface area contributed by atoms with Crippen LogP contribution in [-0.2, 0) is 4.74 Å². The molecule has 46 heavy (non-hydrogen) atoms. The third-order valence-electron chi connectivity index (χ3n) is 8.70. The number of urea groups is 1. The number of nitrogens with zero attached hydrogens (tertiary/aromatic N) is 5. The number of likely N-dealkylation sites (N-methyl/N-ethyl adjacent to an activating group) is 1. The smallest absolute Gasteiger partial charge is 0.323 e. The number of rotatable bonds is 6. The van der Waals surface area contributed by atoms with E-state index in [9.17, 15) is 9.59 Å². The Hall–Kier alpha value is -4.45. The monoisotopic (exact) mass is 635 g/mol. The minimum absolute atomic E-state index is 0.0159. The predicted molar refractivity (Wildman–Crippen MR) is 185 cm³/mol. The fraction of sp³-hybridized carbons (Fsp3) is 0.314. The summed E-state index contributed by atoms with van der Waals surface area (Å²) >= 11 is 1.84. The van der Waals surface area contributed by atoms with Crippen molar-refractivity contribution in [1.29, 1.82) is 0 Å². The van der Waals surface area contributed by atoms with E-state index in [0.717, 1.165) is 67.3 Å². The van der Waals surface area contributed by atoms with Crippen LogP contribution in [0.4, 0.5) is 22.0 Å². The Morgan fingerprint density at radius 3 is 2.22 bits per heavy atom. The second-order valence-electron chi connectivity index (χ2n) is 11.8. The second-order valence-corrected chi connectivity index (χ2v) is 12.8. The van der Waals surface area contributed by atoms with Crippen molar-refractivity contribution >= 4 is 51.8 Å². The third-order valence-corrected chi connectivity index (χ3v) is 9.60. The van der Waals surface area contributed by atoms with E-state index in [1.807, 2.05) is 40.9 Å². The zero-order valence-corrected chi connectivity index (χ0v) is 26.6. The number of aromatic nitrogens is 2. The van der Waals surface area contributed by atoms with Gasteiger partial charge < -0.3 is 30.1 Å². The number of nitrogens with one attached hydrogen (secondary N) is 2. The van der Waals surface area contributed by atoms with Crippen LogP contribution in [0.2, 0.25) is 0 Å². The fourth-order valence-electron chi connectivity index (χ4n) is 5.96. The van der Waals surface area contributed by atoms with Gasteiger partial charge in [0, 0.05) is 78.8 Å². The van der Waals surface area contributed by atoms with Gasteiger partial charge in [-0.25, -0.2) is 14.8 Å². The number of amides is 3. The van der Waals surface area contributed by atoms with Gasteiger partial charge in [-0.05, 0) is 78.7 Å². The summed E-state index contributed by atoms with van der Waals surface area (Å²) in [5.74, 6) is 3.01. The van der Waals surface area contributed by atoms with Gasteiger partial charge in [0.15, 0.2) is 5.82 Å². The number of carbonyl (C=O) groups is 2. The number of morpholine rings is 1. The van der Waals surface area contributed by atoms with Gasteiger partial charge in [-0.3, -0.25) is 4.79 Å². The molecule has 1 aromatic heterocycles. The molecule has 3 amide bonds. The summed E-state index contributed by atoms with van der Waals surface area (Å²) in [4.78, 5) is 42.0. The molecule has 1 unspecified atom stereocenters. The normalized spacial score (nSPS) is 18.6. The lowest BCUT2D eigenvalue weighted by Gasteiger charge is -2.32. The van der Waals surface area contributed by atoms with E-state index in [0.29, 0.717) is 41.9 Å². The van der Waals surface area contributed by atoms with E-state index in [2.05, 4.69) is 57.2 Å². The number of fused-ring (bicyclic) bond motifs is 1. The van der Waals surface area contributed by atoms with Crippen LogP contribution < -0.4 is 15.5 Å². The van der Waals surface area contributed by atoms with Crippen LogP contribution >= 0.6 is 11.8 Å². The largest absolute Gasteiger partial charge is 0.378 e. The highest BCUT2D eigenvalue weighted by Gasteiger charge is 2.22. The summed E-state index contributed by atoms with van der Waals surface area (Å²) in [6.45, 7) is 6.08. The molecule has 0 spiro atoms. The van der Waals surface area contributed by atoms with Crippen molar-refractivity contribution in [2.24, 2.45) is 0 Å². The van der Waals surface area contributed by atoms with Crippen LogP contribution in [0.3, 0.4) is 0 Å². The number of hydrogen-bond acceptors (Lipinski definition) is 8. The first kappa shape index (κ1) is 30.2. The molecular weight excluding hydrogens is 598 g/mol. The van der Waals surface area contributed by atoms with Gasteiger partial charge in [0.05, 0.1) is 18.7 Å². The fourth-order valence-corrected chi connectivity index (χ4v) is 6.89. The van der Waals surface area contributed by atoms with E-state index >= 15 is 0 Å². The number of allylic oxidation sites excluding steroid dienone is 1. The van der Waals surface area contributed by atoms with Crippen LogP contribution in [0.1, 0.15) is 21.8 Å². The molecule has 0 saturated carbocycles. The molecule has 2 N–H and O–H groups in total. The van der Waals surface area contributed by atoms with Gasteiger partial charge in [-0.2, -0.15) is 0 Å². The Morgan fingerprint density at radius 1 is 0.848 bits per heavy atom. The highest BCUT2D eigenvalue weighted by molar-refractivity contribution is 8.02. The maximum atomic E-state index is 12.8. The maximum absolute atomic E-state index is 12.8. The summed E-state index contributed by atoms with van der Waals surface area (Å²) in [5, 5.41) is 8.95. The molecule has 10 nitrogen and oxygen atoms in total. The molecule has 0 aliphatic carbocycles. The number of carbonyl (C=O) groups excluding carboxylic acids is 2. The van der Waals surface area contributed by atoms with Crippen molar-refractivity contribution < 1.29 is 14.3 Å². The zero-order chi connectivity index (χ0) is 31.5. The van der Waals surface area contributed by atoms with Crippen LogP contribution in [-0.4, -0.2) is 97.0 Å². The standard InChI is InChI=1S/C35H37N7O3S/c1-40-13-15-42(16-14-40)34(43)25-4-9-29(10-5-25)37-35(44)36-28-7-2-24(3-8-28)32-38-31-22-26(27-12-21-46-23-27)6-11-30(31)33(39-32)41-17-19-45-20-18-41/h2-12,21-22,27H,13-20,23H2,1H3,(H2,36,37,44). The molecule has 236 valence electrons. The highest BCUT2D eigenvalue weighted by atomic mass is 32.2. The lowest BCUT2D eigenvalue weighted by Crippen LogP contribution is -2.47. The van der Waals surface area contributed by atoms with Crippen LogP contribution in [0.25, 0.3) is 22.3 Å². The molecule has 2 saturated heterocycles. The van der Waals surface area contributed by atoms with Crippen LogP contribution in [0.15, 0.2) is 78.2 Å². The number of ether oxygens (including phenoxy) is 1. The Morgan fingerprint density at radius 2 is 1.54 bits per heavy atom. The SMILES string of the molecule is CN1CCN(C(=O)c2ccc(NC(=O)Nc3ccc(-c4nc(N5CCOCC5)c5ccc(C6C=CSC6)cc5n4)cc3)cc2)CC1. The average molecular weight is 636 g/mol. The first-order valence-corrected chi connectivity index (χ1v) is 16.7. The molecule has 3 aromatic carbocycles. The average Bonchev–Trinajstić information content (AvgIpc) is 3.64. The van der Waals surface area contributed by atoms with E-state index in [-0.39, 0.29) is 11.9 Å². The Balaban J connectivity index is 1.05. The molecular formula is C35H37N7O3S. The van der Waals surface area contributed by atoms with E-state index in [1.165, 1.54) is 5.56 Å². The molecule has 4 heterocycles. The molecule has 1 atom stereocenters. The molecule has 0 radical (unpaired) electrons. The van der Waals surface area contributed by atoms with Crippen molar-refractivity contribution in [2.45, 2.75) is 5.92 Å². The lowest BCUT2D eigenvalue weighted by molar-refractivity contribution is 0.0664. The number of benzene rings is 3. The van der Waals surface area contributed by atoms with Crippen molar-refractivity contribution in [1.82, 2.24) is 19.8 Å². The molecule has 3 aliphatic heterocycles. The minimum Gasteiger partial charge on any atom is -0.378 e. The van der Waals surface area contributed by atoms with Gasteiger partial charge in [-0.1, -0.05) is 12.1 Å². The van der Waals surface area contributed by atoms with Gasteiger partial charge in [-0.15, -0.1) is 11.8 Å². The van der Waals surface area contributed by atoms with E-state index < -0.39 is 0 Å². The summed E-state index contributed by atoms with van der Waals surface area (Å²) < 4.78 is 5.61. The van der Waals surface area contributed by atoms with Crippen molar-refractivity contribution in [3.05, 3.63) is 89.3 Å². The first-order valence-electron chi connectivity index (χ1n) is 15.7. The molecule has 11 heteroatoms. The molecule has 4 aromatic rings. The molecule has 0 bridgehead atoms. The first-order chi connectivity index (χ1) is 22.5. The summed E-state index contributed by atoms with van der Waals surface area (Å²) in [6.07, 6.45) is 2.25. The van der Waals surface area contributed by atoms with Crippen LogP contribution in [0.5, 0.6) is 0 Å².